The van der Waals surface area contributed by atoms with E-state index in [0.717, 1.165) is 17.7 Å². The summed E-state index contributed by atoms with van der Waals surface area (Å²) in [7, 11) is 0. The largest absolute Gasteiger partial charge is 0.490 e. The number of hydrogen-bond acceptors (Lipinski definition) is 4. The van der Waals surface area contributed by atoms with E-state index in [2.05, 4.69) is 36.5 Å². The summed E-state index contributed by atoms with van der Waals surface area (Å²) in [5.74, 6) is 1.34. The summed E-state index contributed by atoms with van der Waals surface area (Å²) in [5, 5.41) is 12.7. The highest BCUT2D eigenvalue weighted by Crippen LogP contribution is 2.34. The van der Waals surface area contributed by atoms with Crippen molar-refractivity contribution < 1.29 is 14.6 Å². The lowest BCUT2D eigenvalue weighted by atomic mass is 10.1. The number of rotatable bonds is 10. The summed E-state index contributed by atoms with van der Waals surface area (Å²) in [6.07, 6.45) is 0.716. The summed E-state index contributed by atoms with van der Waals surface area (Å²) in [6, 6.07) is 12.0. The van der Waals surface area contributed by atoms with Gasteiger partial charge in [-0.15, -0.1) is 0 Å². The number of aliphatic hydroxyl groups excluding tert-OH is 1. The molecule has 25 heavy (non-hydrogen) atoms. The normalized spacial score (nSPS) is 10.7. The minimum absolute atomic E-state index is 0.177. The van der Waals surface area contributed by atoms with Crippen LogP contribution in [0.15, 0.2) is 36.4 Å². The van der Waals surface area contributed by atoms with Crippen LogP contribution < -0.4 is 14.8 Å². The standard InChI is InChI=1S/C20H26ClNO3/c1-3-24-19-11-17(13-22-9-4-10-23)18(21)12-20(19)25-14-16-7-5-15(2)6-8-16/h5-8,11-12,22-23H,3-4,9-10,13-14H2,1-2H3. The van der Waals surface area contributed by atoms with Crippen molar-refractivity contribution in [3.05, 3.63) is 58.1 Å². The molecule has 0 bridgehead atoms. The van der Waals surface area contributed by atoms with Gasteiger partial charge in [0.1, 0.15) is 6.61 Å². The first kappa shape index (κ1) is 19.6. The highest BCUT2D eigenvalue weighted by atomic mass is 35.5. The van der Waals surface area contributed by atoms with E-state index in [9.17, 15) is 0 Å². The zero-order valence-corrected chi connectivity index (χ0v) is 15.6. The highest BCUT2D eigenvalue weighted by Gasteiger charge is 2.11. The van der Waals surface area contributed by atoms with Gasteiger partial charge in [-0.3, -0.25) is 0 Å². The van der Waals surface area contributed by atoms with Gasteiger partial charge in [0.15, 0.2) is 11.5 Å². The minimum Gasteiger partial charge on any atom is -0.490 e. The molecule has 0 aliphatic rings. The van der Waals surface area contributed by atoms with Gasteiger partial charge in [0.05, 0.1) is 6.61 Å². The van der Waals surface area contributed by atoms with Gasteiger partial charge in [0.2, 0.25) is 0 Å². The van der Waals surface area contributed by atoms with E-state index in [1.165, 1.54) is 5.56 Å². The van der Waals surface area contributed by atoms with Crippen LogP contribution in [-0.2, 0) is 13.2 Å². The van der Waals surface area contributed by atoms with E-state index in [1.807, 2.05) is 19.1 Å². The maximum atomic E-state index is 8.83. The summed E-state index contributed by atoms with van der Waals surface area (Å²) < 4.78 is 11.6. The van der Waals surface area contributed by atoms with Gasteiger partial charge in [0, 0.05) is 24.2 Å². The topological polar surface area (TPSA) is 50.7 Å². The molecule has 0 aromatic heterocycles. The Morgan fingerprint density at radius 3 is 2.48 bits per heavy atom. The van der Waals surface area contributed by atoms with Gasteiger partial charge in [-0.25, -0.2) is 0 Å². The zero-order chi connectivity index (χ0) is 18.1. The first-order valence-corrected chi connectivity index (χ1v) is 8.97. The second kappa shape index (κ2) is 10.3. The van der Waals surface area contributed by atoms with Crippen LogP contribution in [0.1, 0.15) is 30.0 Å². The van der Waals surface area contributed by atoms with Gasteiger partial charge in [0.25, 0.3) is 0 Å². The molecule has 0 amide bonds. The van der Waals surface area contributed by atoms with Gasteiger partial charge in [-0.05, 0) is 44.0 Å². The highest BCUT2D eigenvalue weighted by molar-refractivity contribution is 6.31. The number of ether oxygens (including phenoxy) is 2. The molecule has 0 spiro atoms. The first-order chi connectivity index (χ1) is 12.1. The quantitative estimate of drug-likeness (QED) is 0.624. The molecule has 0 aliphatic carbocycles. The number of aryl methyl sites for hydroxylation is 1. The summed E-state index contributed by atoms with van der Waals surface area (Å²) in [5.41, 5.74) is 3.27. The Balaban J connectivity index is 2.07. The third kappa shape index (κ3) is 6.24. The molecular weight excluding hydrogens is 338 g/mol. The maximum Gasteiger partial charge on any atom is 0.163 e. The van der Waals surface area contributed by atoms with Gasteiger partial charge >= 0.3 is 0 Å². The van der Waals surface area contributed by atoms with Crippen LogP contribution in [0, 0.1) is 6.92 Å². The van der Waals surface area contributed by atoms with Crippen molar-refractivity contribution in [2.24, 2.45) is 0 Å². The van der Waals surface area contributed by atoms with Crippen molar-refractivity contribution in [1.82, 2.24) is 5.32 Å². The summed E-state index contributed by atoms with van der Waals surface area (Å²) in [6.45, 7) is 6.56. The second-order valence-corrected chi connectivity index (χ2v) is 6.26. The zero-order valence-electron chi connectivity index (χ0n) is 14.8. The molecule has 0 atom stereocenters. The van der Waals surface area contributed by atoms with E-state index < -0.39 is 0 Å². The van der Waals surface area contributed by atoms with E-state index in [-0.39, 0.29) is 6.61 Å². The van der Waals surface area contributed by atoms with Gasteiger partial charge in [-0.1, -0.05) is 41.4 Å². The molecule has 0 saturated heterocycles. The Morgan fingerprint density at radius 2 is 1.80 bits per heavy atom. The van der Waals surface area contributed by atoms with Gasteiger partial charge < -0.3 is 19.9 Å². The van der Waals surface area contributed by atoms with Crippen molar-refractivity contribution in [3.8, 4) is 11.5 Å². The SMILES string of the molecule is CCOc1cc(CNCCCO)c(Cl)cc1OCc1ccc(C)cc1. The van der Waals surface area contributed by atoms with Gasteiger partial charge in [-0.2, -0.15) is 0 Å². The van der Waals surface area contributed by atoms with Crippen LogP contribution in [0.4, 0.5) is 0 Å². The van der Waals surface area contributed by atoms with Crippen molar-refractivity contribution in [1.29, 1.82) is 0 Å². The van der Waals surface area contributed by atoms with Crippen molar-refractivity contribution in [2.45, 2.75) is 33.4 Å². The molecule has 2 rings (SSSR count). The molecule has 0 fully saturated rings. The lowest BCUT2D eigenvalue weighted by molar-refractivity contribution is 0.269. The fourth-order valence-corrected chi connectivity index (χ4v) is 2.59. The van der Waals surface area contributed by atoms with Crippen LogP contribution in [0.25, 0.3) is 0 Å². The van der Waals surface area contributed by atoms with Crippen LogP contribution in [0.3, 0.4) is 0 Å². The molecule has 4 nitrogen and oxygen atoms in total. The molecule has 0 saturated carbocycles. The van der Waals surface area contributed by atoms with E-state index in [0.29, 0.717) is 42.7 Å². The molecule has 0 radical (unpaired) electrons. The fourth-order valence-electron chi connectivity index (χ4n) is 2.37. The third-order valence-electron chi connectivity index (χ3n) is 3.75. The average molecular weight is 364 g/mol. The van der Waals surface area contributed by atoms with Crippen molar-refractivity contribution >= 4 is 11.6 Å². The number of benzene rings is 2. The number of halogens is 1. The smallest absolute Gasteiger partial charge is 0.163 e. The lowest BCUT2D eigenvalue weighted by Gasteiger charge is -2.15. The third-order valence-corrected chi connectivity index (χ3v) is 4.11. The Bertz CT molecular complexity index is 659. The maximum absolute atomic E-state index is 8.83. The molecule has 0 heterocycles. The van der Waals surface area contributed by atoms with Crippen LogP contribution in [0.5, 0.6) is 11.5 Å². The summed E-state index contributed by atoms with van der Waals surface area (Å²) >= 11 is 6.39. The number of hydrogen-bond donors (Lipinski definition) is 2. The van der Waals surface area contributed by atoms with Crippen LogP contribution >= 0.6 is 11.6 Å². The lowest BCUT2D eigenvalue weighted by Crippen LogP contribution is -2.16. The number of aliphatic hydroxyl groups is 1. The molecular formula is C20H26ClNO3. The number of nitrogens with one attached hydrogen (secondary N) is 1. The van der Waals surface area contributed by atoms with E-state index >= 15 is 0 Å². The molecule has 2 aromatic carbocycles. The Morgan fingerprint density at radius 1 is 1.08 bits per heavy atom. The monoisotopic (exact) mass is 363 g/mol. The van der Waals surface area contributed by atoms with Crippen molar-refractivity contribution in [3.63, 3.8) is 0 Å². The molecule has 136 valence electrons. The van der Waals surface area contributed by atoms with Crippen LogP contribution in [-0.4, -0.2) is 24.9 Å². The molecule has 5 heteroatoms. The Labute approximate surface area is 154 Å². The Kier molecular flexibility index (Phi) is 8.06. The van der Waals surface area contributed by atoms with E-state index in [1.54, 1.807) is 0 Å². The molecule has 0 aliphatic heterocycles. The predicted molar refractivity (Wildman–Crippen MR) is 102 cm³/mol. The first-order valence-electron chi connectivity index (χ1n) is 8.59. The van der Waals surface area contributed by atoms with Crippen LogP contribution in [0.2, 0.25) is 5.02 Å². The Hall–Kier alpha value is -1.75. The fraction of sp³-hybridized carbons (Fsp3) is 0.400. The minimum atomic E-state index is 0.177. The van der Waals surface area contributed by atoms with Crippen molar-refractivity contribution in [2.75, 3.05) is 19.8 Å². The molecule has 0 unspecified atom stereocenters. The second-order valence-electron chi connectivity index (χ2n) is 5.85. The predicted octanol–water partition coefficient (Wildman–Crippen LogP) is 4.10. The average Bonchev–Trinajstić information content (AvgIpc) is 2.61. The molecule has 2 N–H and O–H groups in total. The molecule has 2 aromatic rings. The summed E-state index contributed by atoms with van der Waals surface area (Å²) in [4.78, 5) is 0. The van der Waals surface area contributed by atoms with E-state index in [4.69, 9.17) is 26.2 Å².